The Morgan fingerprint density at radius 1 is 0.938 bits per heavy atom. The van der Waals surface area contributed by atoms with Gasteiger partial charge in [0.05, 0.1) is 0 Å². The van der Waals surface area contributed by atoms with E-state index < -0.39 is 0 Å². The summed E-state index contributed by atoms with van der Waals surface area (Å²) in [5.74, 6) is 0. The first-order valence-corrected chi connectivity index (χ1v) is 6.83. The lowest BCUT2D eigenvalue weighted by Crippen LogP contribution is -2.47. The van der Waals surface area contributed by atoms with E-state index in [0.717, 1.165) is 19.3 Å². The molecule has 94 valence electrons. The van der Waals surface area contributed by atoms with E-state index in [2.05, 4.69) is 24.1 Å². The fraction of sp³-hybridized carbons (Fsp3) is 1.00. The summed E-state index contributed by atoms with van der Waals surface area (Å²) >= 11 is 0. The van der Waals surface area contributed by atoms with Crippen molar-refractivity contribution in [3.05, 3.63) is 0 Å². The van der Waals surface area contributed by atoms with Gasteiger partial charge in [0.15, 0.2) is 0 Å². The van der Waals surface area contributed by atoms with Crippen LogP contribution >= 0.6 is 0 Å². The van der Waals surface area contributed by atoms with Crippen molar-refractivity contribution in [2.45, 2.75) is 57.7 Å². The SMILES string of the molecule is CC1CCN(C2CCOCC2)CCC(C)N1. The van der Waals surface area contributed by atoms with Crippen LogP contribution in [0, 0.1) is 0 Å². The van der Waals surface area contributed by atoms with Gasteiger partial charge in [0.25, 0.3) is 0 Å². The zero-order valence-electron chi connectivity index (χ0n) is 10.7. The molecule has 0 aromatic carbocycles. The highest BCUT2D eigenvalue weighted by Crippen LogP contribution is 2.17. The predicted octanol–water partition coefficient (Wildman–Crippen LogP) is 1.63. The molecular formula is C13H26N2O. The maximum Gasteiger partial charge on any atom is 0.0480 e. The third-order valence-corrected chi connectivity index (χ3v) is 3.97. The normalized spacial score (nSPS) is 35.6. The minimum Gasteiger partial charge on any atom is -0.381 e. The minimum absolute atomic E-state index is 0.664. The van der Waals surface area contributed by atoms with Gasteiger partial charge in [0.1, 0.15) is 0 Å². The highest BCUT2D eigenvalue weighted by atomic mass is 16.5. The van der Waals surface area contributed by atoms with Gasteiger partial charge in [-0.1, -0.05) is 0 Å². The maximum absolute atomic E-state index is 5.45. The molecule has 2 aliphatic heterocycles. The Morgan fingerprint density at radius 2 is 1.50 bits per heavy atom. The zero-order chi connectivity index (χ0) is 11.4. The van der Waals surface area contributed by atoms with Crippen molar-refractivity contribution in [1.82, 2.24) is 10.2 Å². The topological polar surface area (TPSA) is 24.5 Å². The summed E-state index contributed by atoms with van der Waals surface area (Å²) in [5, 5.41) is 3.65. The van der Waals surface area contributed by atoms with Crippen molar-refractivity contribution in [3.63, 3.8) is 0 Å². The van der Waals surface area contributed by atoms with Crippen molar-refractivity contribution >= 4 is 0 Å². The summed E-state index contributed by atoms with van der Waals surface area (Å²) < 4.78 is 5.45. The fourth-order valence-corrected chi connectivity index (χ4v) is 2.90. The van der Waals surface area contributed by atoms with Crippen LogP contribution in [0.2, 0.25) is 0 Å². The molecule has 0 spiro atoms. The molecule has 0 amide bonds. The van der Waals surface area contributed by atoms with Crippen LogP contribution in [0.25, 0.3) is 0 Å². The van der Waals surface area contributed by atoms with Crippen molar-refractivity contribution in [3.8, 4) is 0 Å². The Labute approximate surface area is 99.5 Å². The molecule has 2 rings (SSSR count). The van der Waals surface area contributed by atoms with Gasteiger partial charge in [0.2, 0.25) is 0 Å². The van der Waals surface area contributed by atoms with Gasteiger partial charge < -0.3 is 15.0 Å². The Balaban J connectivity index is 1.87. The lowest BCUT2D eigenvalue weighted by Gasteiger charge is -2.37. The molecule has 2 unspecified atom stereocenters. The average molecular weight is 226 g/mol. The number of ether oxygens (including phenoxy) is 1. The Morgan fingerprint density at radius 3 is 2.06 bits per heavy atom. The number of hydrogen-bond acceptors (Lipinski definition) is 3. The van der Waals surface area contributed by atoms with Gasteiger partial charge in [-0.15, -0.1) is 0 Å². The lowest BCUT2D eigenvalue weighted by molar-refractivity contribution is 0.0290. The van der Waals surface area contributed by atoms with Crippen molar-refractivity contribution in [1.29, 1.82) is 0 Å². The second kappa shape index (κ2) is 5.99. The van der Waals surface area contributed by atoms with Gasteiger partial charge in [-0.25, -0.2) is 0 Å². The second-order valence-electron chi connectivity index (χ2n) is 5.43. The van der Waals surface area contributed by atoms with E-state index in [1.165, 1.54) is 38.8 Å². The average Bonchev–Trinajstić information content (AvgIpc) is 2.28. The first-order chi connectivity index (χ1) is 7.75. The van der Waals surface area contributed by atoms with E-state index in [-0.39, 0.29) is 0 Å². The summed E-state index contributed by atoms with van der Waals surface area (Å²) in [6, 6.07) is 2.11. The molecule has 2 atom stereocenters. The fourth-order valence-electron chi connectivity index (χ4n) is 2.90. The van der Waals surface area contributed by atoms with Gasteiger partial charge in [-0.2, -0.15) is 0 Å². The van der Waals surface area contributed by atoms with E-state index in [1.54, 1.807) is 0 Å². The first-order valence-electron chi connectivity index (χ1n) is 6.83. The maximum atomic E-state index is 5.45. The standard InChI is InChI=1S/C13H26N2O/c1-11-3-7-15(8-4-12(2)14-11)13-5-9-16-10-6-13/h11-14H,3-10H2,1-2H3. The summed E-state index contributed by atoms with van der Waals surface area (Å²) in [6.07, 6.45) is 5.02. The van der Waals surface area contributed by atoms with Gasteiger partial charge >= 0.3 is 0 Å². The molecule has 0 aromatic heterocycles. The molecule has 3 nitrogen and oxygen atoms in total. The largest absolute Gasteiger partial charge is 0.381 e. The van der Waals surface area contributed by atoms with Crippen molar-refractivity contribution < 1.29 is 4.74 Å². The van der Waals surface area contributed by atoms with Gasteiger partial charge in [-0.05, 0) is 52.6 Å². The van der Waals surface area contributed by atoms with Crippen molar-refractivity contribution in [2.24, 2.45) is 0 Å². The lowest BCUT2D eigenvalue weighted by atomic mass is 10.0. The van der Waals surface area contributed by atoms with Crippen molar-refractivity contribution in [2.75, 3.05) is 26.3 Å². The van der Waals surface area contributed by atoms with Gasteiger partial charge in [0, 0.05) is 31.3 Å². The summed E-state index contributed by atoms with van der Waals surface area (Å²) in [7, 11) is 0. The third-order valence-electron chi connectivity index (χ3n) is 3.97. The quantitative estimate of drug-likeness (QED) is 0.735. The molecule has 16 heavy (non-hydrogen) atoms. The molecule has 0 saturated carbocycles. The van der Waals surface area contributed by atoms with Crippen LogP contribution in [0.3, 0.4) is 0 Å². The van der Waals surface area contributed by atoms with E-state index in [0.29, 0.717) is 12.1 Å². The molecule has 3 heteroatoms. The highest BCUT2D eigenvalue weighted by molar-refractivity contribution is 4.80. The van der Waals surface area contributed by atoms with Crippen LogP contribution in [-0.4, -0.2) is 49.3 Å². The van der Waals surface area contributed by atoms with Crippen LogP contribution in [0.5, 0.6) is 0 Å². The summed E-state index contributed by atoms with van der Waals surface area (Å²) in [5.41, 5.74) is 0. The van der Waals surface area contributed by atoms with E-state index in [9.17, 15) is 0 Å². The number of hydrogen-bond donors (Lipinski definition) is 1. The minimum atomic E-state index is 0.664. The molecule has 0 radical (unpaired) electrons. The Bertz CT molecular complexity index is 192. The van der Waals surface area contributed by atoms with Crippen LogP contribution < -0.4 is 5.32 Å². The Hall–Kier alpha value is -0.120. The van der Waals surface area contributed by atoms with E-state index in [1.807, 2.05) is 0 Å². The molecule has 0 bridgehead atoms. The van der Waals surface area contributed by atoms with Crippen LogP contribution in [-0.2, 0) is 4.74 Å². The number of nitrogens with zero attached hydrogens (tertiary/aromatic N) is 1. The second-order valence-corrected chi connectivity index (χ2v) is 5.43. The monoisotopic (exact) mass is 226 g/mol. The molecule has 1 N–H and O–H groups in total. The number of rotatable bonds is 1. The van der Waals surface area contributed by atoms with Crippen LogP contribution in [0.4, 0.5) is 0 Å². The first kappa shape index (κ1) is 12.3. The Kier molecular flexibility index (Phi) is 4.62. The summed E-state index contributed by atoms with van der Waals surface area (Å²) in [4.78, 5) is 2.70. The predicted molar refractivity (Wildman–Crippen MR) is 66.7 cm³/mol. The zero-order valence-corrected chi connectivity index (χ0v) is 10.7. The van der Waals surface area contributed by atoms with Crippen LogP contribution in [0.1, 0.15) is 39.5 Å². The molecule has 0 aromatic rings. The number of nitrogens with one attached hydrogen (secondary N) is 1. The molecular weight excluding hydrogens is 200 g/mol. The summed E-state index contributed by atoms with van der Waals surface area (Å²) in [6.45, 7) is 9.06. The van der Waals surface area contributed by atoms with Gasteiger partial charge in [-0.3, -0.25) is 0 Å². The van der Waals surface area contributed by atoms with Crippen LogP contribution in [0.15, 0.2) is 0 Å². The van der Waals surface area contributed by atoms with E-state index in [4.69, 9.17) is 4.74 Å². The molecule has 2 heterocycles. The smallest absolute Gasteiger partial charge is 0.0480 e. The third kappa shape index (κ3) is 3.44. The van der Waals surface area contributed by atoms with E-state index >= 15 is 0 Å². The molecule has 2 fully saturated rings. The molecule has 0 aliphatic carbocycles. The molecule has 2 saturated heterocycles. The highest BCUT2D eigenvalue weighted by Gasteiger charge is 2.23. The molecule has 2 aliphatic rings.